The van der Waals surface area contributed by atoms with Crippen molar-refractivity contribution < 1.29 is 19.7 Å². The number of nitrogens with zero attached hydrogens (tertiary/aromatic N) is 3. The number of amides is 1. The number of ether oxygens (including phenoxy) is 1. The fourth-order valence-corrected chi connectivity index (χ4v) is 4.64. The molecule has 0 saturated carbocycles. The summed E-state index contributed by atoms with van der Waals surface area (Å²) < 4.78 is 9.21. The van der Waals surface area contributed by atoms with Crippen molar-refractivity contribution in [3.63, 3.8) is 0 Å². The Balaban J connectivity index is 1.42. The third-order valence-electron chi connectivity index (χ3n) is 5.80. The van der Waals surface area contributed by atoms with E-state index < -0.39 is 12.2 Å². The van der Waals surface area contributed by atoms with Crippen molar-refractivity contribution in [1.82, 2.24) is 14.5 Å². The van der Waals surface area contributed by atoms with E-state index in [0.717, 1.165) is 44.9 Å². The second-order valence-electron chi connectivity index (χ2n) is 8.14. The van der Waals surface area contributed by atoms with Gasteiger partial charge in [-0.25, -0.2) is 9.78 Å². The standard InChI is InChI=1S/C24H26IN3O4/c1-15-3-4-16(2)28(15)23-10-6-18(12-26-23)21(29)14-27(24(30)31)13-20-8-5-17-11-19(25)7-9-22(17)32-20/h3-4,6-7,9-12,20-21,29H,5,8,13-14H2,1-2H3,(H,30,31)/t20-,21?/m1/s1. The van der Waals surface area contributed by atoms with Gasteiger partial charge in [0.15, 0.2) is 0 Å². The van der Waals surface area contributed by atoms with Crippen LogP contribution in [0.2, 0.25) is 0 Å². The van der Waals surface area contributed by atoms with Gasteiger partial charge < -0.3 is 24.4 Å². The summed E-state index contributed by atoms with van der Waals surface area (Å²) in [5.74, 6) is 1.57. The Hall–Kier alpha value is -2.59. The van der Waals surface area contributed by atoms with Crippen LogP contribution < -0.4 is 4.74 Å². The van der Waals surface area contributed by atoms with Crippen molar-refractivity contribution in [2.24, 2.45) is 0 Å². The van der Waals surface area contributed by atoms with E-state index in [2.05, 4.69) is 33.6 Å². The van der Waals surface area contributed by atoms with Crippen LogP contribution in [-0.2, 0) is 6.42 Å². The van der Waals surface area contributed by atoms with Gasteiger partial charge in [-0.1, -0.05) is 6.07 Å². The number of aromatic nitrogens is 2. The molecule has 168 valence electrons. The van der Waals surface area contributed by atoms with Gasteiger partial charge in [0.25, 0.3) is 0 Å². The number of aliphatic hydroxyl groups is 1. The van der Waals surface area contributed by atoms with E-state index in [9.17, 15) is 15.0 Å². The SMILES string of the molecule is Cc1ccc(C)n1-c1ccc(C(O)CN(C[C@H]2CCc3cc(I)ccc3O2)C(=O)O)cn1. The largest absolute Gasteiger partial charge is 0.488 e. The van der Waals surface area contributed by atoms with Crippen molar-refractivity contribution in [3.05, 3.63) is 74.7 Å². The monoisotopic (exact) mass is 547 g/mol. The van der Waals surface area contributed by atoms with Gasteiger partial charge in [0, 0.05) is 26.7 Å². The topological polar surface area (TPSA) is 87.8 Å². The van der Waals surface area contributed by atoms with Gasteiger partial charge in [-0.2, -0.15) is 0 Å². The highest BCUT2D eigenvalue weighted by Crippen LogP contribution is 2.29. The molecular weight excluding hydrogens is 521 g/mol. The van der Waals surface area contributed by atoms with E-state index >= 15 is 0 Å². The van der Waals surface area contributed by atoms with Gasteiger partial charge in [0.05, 0.1) is 19.2 Å². The zero-order valence-electron chi connectivity index (χ0n) is 18.0. The molecule has 1 aromatic carbocycles. The second-order valence-corrected chi connectivity index (χ2v) is 9.38. The van der Waals surface area contributed by atoms with Crippen LogP contribution in [0.4, 0.5) is 4.79 Å². The molecule has 8 heteroatoms. The average molecular weight is 547 g/mol. The van der Waals surface area contributed by atoms with E-state index in [4.69, 9.17) is 4.74 Å². The molecule has 4 rings (SSSR count). The number of aliphatic hydroxyl groups excluding tert-OH is 1. The lowest BCUT2D eigenvalue weighted by Gasteiger charge is -2.31. The maximum Gasteiger partial charge on any atom is 0.407 e. The Morgan fingerprint density at radius 3 is 2.66 bits per heavy atom. The number of carbonyl (C=O) groups is 1. The fourth-order valence-electron chi connectivity index (χ4n) is 4.09. The Bertz CT molecular complexity index is 1090. The lowest BCUT2D eigenvalue weighted by atomic mass is 10.0. The molecule has 1 amide bonds. The third-order valence-corrected chi connectivity index (χ3v) is 6.47. The number of aryl methyl sites for hydroxylation is 3. The molecule has 1 aliphatic heterocycles. The summed E-state index contributed by atoms with van der Waals surface area (Å²) in [5.41, 5.74) is 3.87. The molecule has 1 unspecified atom stereocenters. The van der Waals surface area contributed by atoms with E-state index in [-0.39, 0.29) is 19.2 Å². The normalized spacial score (nSPS) is 16.2. The highest BCUT2D eigenvalue weighted by atomic mass is 127. The highest BCUT2D eigenvalue weighted by molar-refractivity contribution is 14.1. The molecule has 7 nitrogen and oxygen atoms in total. The number of rotatable bonds is 6. The molecule has 0 fully saturated rings. The molecule has 3 aromatic rings. The summed E-state index contributed by atoms with van der Waals surface area (Å²) >= 11 is 2.27. The number of hydrogen-bond acceptors (Lipinski definition) is 4. The van der Waals surface area contributed by atoms with Crippen molar-refractivity contribution in [2.75, 3.05) is 13.1 Å². The summed E-state index contributed by atoms with van der Waals surface area (Å²) in [6.07, 6.45) is 0.885. The van der Waals surface area contributed by atoms with E-state index in [1.807, 2.05) is 48.7 Å². The molecule has 0 bridgehead atoms. The maximum absolute atomic E-state index is 11.9. The van der Waals surface area contributed by atoms with Gasteiger partial charge in [0.2, 0.25) is 0 Å². The summed E-state index contributed by atoms with van der Waals surface area (Å²) in [6, 6.07) is 13.7. The van der Waals surface area contributed by atoms with Crippen molar-refractivity contribution >= 4 is 28.7 Å². The number of halogens is 1. The highest BCUT2D eigenvalue weighted by Gasteiger charge is 2.26. The van der Waals surface area contributed by atoms with Gasteiger partial charge in [-0.3, -0.25) is 0 Å². The molecular formula is C24H26IN3O4. The van der Waals surface area contributed by atoms with Crippen LogP contribution in [0.25, 0.3) is 5.82 Å². The second kappa shape index (κ2) is 9.50. The minimum atomic E-state index is -1.08. The molecule has 1 aliphatic rings. The molecule has 0 spiro atoms. The molecule has 2 N–H and O–H groups in total. The number of fused-ring (bicyclic) bond motifs is 1. The minimum absolute atomic E-state index is 0.0443. The summed E-state index contributed by atoms with van der Waals surface area (Å²) in [5, 5.41) is 20.4. The van der Waals surface area contributed by atoms with Crippen molar-refractivity contribution in [1.29, 1.82) is 0 Å². The lowest BCUT2D eigenvalue weighted by molar-refractivity contribution is 0.0656. The first kappa shape index (κ1) is 22.6. The Kier molecular flexibility index (Phi) is 6.71. The van der Waals surface area contributed by atoms with Gasteiger partial charge >= 0.3 is 6.09 Å². The summed E-state index contributed by atoms with van der Waals surface area (Å²) in [7, 11) is 0. The van der Waals surface area contributed by atoms with Crippen LogP contribution in [0.3, 0.4) is 0 Å². The predicted molar refractivity (Wildman–Crippen MR) is 129 cm³/mol. The molecule has 0 aliphatic carbocycles. The smallest absolute Gasteiger partial charge is 0.407 e. The summed E-state index contributed by atoms with van der Waals surface area (Å²) in [4.78, 5) is 17.6. The molecule has 3 heterocycles. The van der Waals surface area contributed by atoms with Gasteiger partial charge in [0.1, 0.15) is 17.7 Å². The Labute approximate surface area is 200 Å². The molecule has 2 atom stereocenters. The van der Waals surface area contributed by atoms with Crippen LogP contribution in [-0.4, -0.2) is 50.0 Å². The maximum atomic E-state index is 11.9. The fraction of sp³-hybridized carbons (Fsp3) is 0.333. The van der Waals surface area contributed by atoms with Crippen LogP contribution in [0.1, 0.15) is 35.0 Å². The number of pyridine rings is 1. The van der Waals surface area contributed by atoms with Crippen LogP contribution in [0.15, 0.2) is 48.7 Å². The quantitative estimate of drug-likeness (QED) is 0.444. The first-order valence-electron chi connectivity index (χ1n) is 10.5. The summed E-state index contributed by atoms with van der Waals surface area (Å²) in [6.45, 7) is 4.17. The molecule has 0 radical (unpaired) electrons. The third kappa shape index (κ3) is 4.91. The van der Waals surface area contributed by atoms with Gasteiger partial charge in [-0.05, 0) is 91.2 Å². The van der Waals surface area contributed by atoms with Crippen LogP contribution in [0.5, 0.6) is 5.75 Å². The predicted octanol–water partition coefficient (Wildman–Crippen LogP) is 4.50. The van der Waals surface area contributed by atoms with Crippen LogP contribution in [0, 0.1) is 17.4 Å². The van der Waals surface area contributed by atoms with E-state index in [0.29, 0.717) is 5.56 Å². The van der Waals surface area contributed by atoms with Crippen LogP contribution >= 0.6 is 22.6 Å². The van der Waals surface area contributed by atoms with Crippen molar-refractivity contribution in [3.8, 4) is 11.6 Å². The van der Waals surface area contributed by atoms with Crippen molar-refractivity contribution in [2.45, 2.75) is 38.9 Å². The number of hydrogen-bond donors (Lipinski definition) is 2. The first-order chi connectivity index (χ1) is 15.3. The molecule has 0 saturated heterocycles. The Morgan fingerprint density at radius 1 is 1.25 bits per heavy atom. The molecule has 2 aromatic heterocycles. The number of carboxylic acid groups (broad SMARTS) is 1. The zero-order valence-corrected chi connectivity index (χ0v) is 20.2. The van der Waals surface area contributed by atoms with E-state index in [1.165, 1.54) is 4.90 Å². The number of benzene rings is 1. The first-order valence-corrected chi connectivity index (χ1v) is 11.6. The average Bonchev–Trinajstić information content (AvgIpc) is 3.11. The Morgan fingerprint density at radius 2 is 2.00 bits per heavy atom. The zero-order chi connectivity index (χ0) is 22.8. The molecule has 32 heavy (non-hydrogen) atoms. The lowest BCUT2D eigenvalue weighted by Crippen LogP contribution is -2.42. The minimum Gasteiger partial charge on any atom is -0.488 e. The van der Waals surface area contributed by atoms with E-state index in [1.54, 1.807) is 12.3 Å². The van der Waals surface area contributed by atoms with Gasteiger partial charge in [-0.15, -0.1) is 0 Å².